The molecule has 1 aliphatic carbocycles. The van der Waals surface area contributed by atoms with Gasteiger partial charge in [0, 0.05) is 0 Å². The number of carbonyl (C=O) groups is 1. The quantitative estimate of drug-likeness (QED) is 0.818. The number of phenolic OH excluding ortho intramolecular Hbond substituents is 1. The van der Waals surface area contributed by atoms with Crippen LogP contribution in [-0.4, -0.2) is 23.3 Å². The number of carboxylic acid groups (broad SMARTS) is 1. The van der Waals surface area contributed by atoms with Gasteiger partial charge in [-0.2, -0.15) is 0 Å². The molecule has 86 valence electrons. The fraction of sp³-hybridized carbons (Fsp3) is 0.417. The Morgan fingerprint density at radius 1 is 1.44 bits per heavy atom. The third-order valence-electron chi connectivity index (χ3n) is 3.20. The van der Waals surface area contributed by atoms with E-state index in [2.05, 4.69) is 0 Å². The molecule has 2 N–H and O–H groups in total. The molecule has 0 unspecified atom stereocenters. The summed E-state index contributed by atoms with van der Waals surface area (Å²) in [5, 5.41) is 18.9. The first-order valence-electron chi connectivity index (χ1n) is 5.13. The molecule has 1 saturated carbocycles. The molecule has 4 heteroatoms. The first kappa shape index (κ1) is 10.8. The van der Waals surface area contributed by atoms with Gasteiger partial charge in [-0.3, -0.25) is 4.79 Å². The number of methoxy groups -OCH3 is 1. The van der Waals surface area contributed by atoms with Crippen molar-refractivity contribution in [3.63, 3.8) is 0 Å². The zero-order chi connectivity index (χ0) is 11.9. The SMILES string of the molecule is COc1cc(C2(C(=O)O)CC2)cc(C)c1O. The molecule has 1 fully saturated rings. The highest BCUT2D eigenvalue weighted by Gasteiger charge is 2.52. The van der Waals surface area contributed by atoms with Crippen LogP contribution in [0.15, 0.2) is 12.1 Å². The summed E-state index contributed by atoms with van der Waals surface area (Å²) >= 11 is 0. The lowest BCUT2D eigenvalue weighted by atomic mass is 9.94. The summed E-state index contributed by atoms with van der Waals surface area (Å²) in [7, 11) is 1.46. The smallest absolute Gasteiger partial charge is 0.314 e. The average Bonchev–Trinajstić information content (AvgIpc) is 3.02. The molecule has 0 radical (unpaired) electrons. The molecule has 1 aliphatic rings. The molecule has 0 saturated heterocycles. The van der Waals surface area contributed by atoms with Crippen LogP contribution < -0.4 is 4.74 Å². The number of carboxylic acids is 1. The van der Waals surface area contributed by atoms with E-state index < -0.39 is 11.4 Å². The molecule has 0 spiro atoms. The van der Waals surface area contributed by atoms with Crippen molar-refractivity contribution in [2.45, 2.75) is 25.2 Å². The highest BCUT2D eigenvalue weighted by Crippen LogP contribution is 2.50. The van der Waals surface area contributed by atoms with Gasteiger partial charge >= 0.3 is 5.97 Å². The van der Waals surface area contributed by atoms with E-state index in [9.17, 15) is 15.0 Å². The minimum atomic E-state index is -0.806. The maximum Gasteiger partial charge on any atom is 0.314 e. The Morgan fingerprint density at radius 2 is 2.06 bits per heavy atom. The summed E-state index contributed by atoms with van der Waals surface area (Å²) in [6, 6.07) is 3.34. The lowest BCUT2D eigenvalue weighted by Crippen LogP contribution is -2.19. The van der Waals surface area contributed by atoms with Gasteiger partial charge in [-0.25, -0.2) is 0 Å². The van der Waals surface area contributed by atoms with Gasteiger partial charge in [-0.05, 0) is 37.0 Å². The van der Waals surface area contributed by atoms with Crippen molar-refractivity contribution in [2.75, 3.05) is 7.11 Å². The second-order valence-electron chi connectivity index (χ2n) is 4.23. The molecule has 2 rings (SSSR count). The maximum atomic E-state index is 11.2. The summed E-state index contributed by atoms with van der Waals surface area (Å²) in [6.45, 7) is 1.74. The van der Waals surface area contributed by atoms with Gasteiger partial charge in [-0.15, -0.1) is 0 Å². The number of benzene rings is 1. The third-order valence-corrected chi connectivity index (χ3v) is 3.20. The molecular weight excluding hydrogens is 208 g/mol. The highest BCUT2D eigenvalue weighted by atomic mass is 16.5. The minimum Gasteiger partial charge on any atom is -0.504 e. The van der Waals surface area contributed by atoms with Gasteiger partial charge in [0.15, 0.2) is 11.5 Å². The van der Waals surface area contributed by atoms with Gasteiger partial charge in [0.05, 0.1) is 12.5 Å². The first-order valence-corrected chi connectivity index (χ1v) is 5.13. The van der Waals surface area contributed by atoms with Crippen LogP contribution in [0.25, 0.3) is 0 Å². The normalized spacial score (nSPS) is 16.9. The fourth-order valence-electron chi connectivity index (χ4n) is 1.93. The van der Waals surface area contributed by atoms with E-state index in [4.69, 9.17) is 4.74 Å². The van der Waals surface area contributed by atoms with Crippen molar-refractivity contribution in [3.05, 3.63) is 23.3 Å². The molecular formula is C12H14O4. The lowest BCUT2D eigenvalue weighted by molar-refractivity contribution is -0.140. The zero-order valence-electron chi connectivity index (χ0n) is 9.28. The largest absolute Gasteiger partial charge is 0.504 e. The van der Waals surface area contributed by atoms with Crippen LogP contribution in [-0.2, 0) is 10.2 Å². The number of aryl methyl sites for hydroxylation is 1. The summed E-state index contributed by atoms with van der Waals surface area (Å²) < 4.78 is 5.03. The number of rotatable bonds is 3. The van der Waals surface area contributed by atoms with E-state index in [1.807, 2.05) is 0 Å². The lowest BCUT2D eigenvalue weighted by Gasteiger charge is -2.14. The maximum absolute atomic E-state index is 11.2. The molecule has 0 amide bonds. The van der Waals surface area contributed by atoms with Crippen LogP contribution in [0.1, 0.15) is 24.0 Å². The van der Waals surface area contributed by atoms with E-state index >= 15 is 0 Å². The van der Waals surface area contributed by atoms with Crippen molar-refractivity contribution in [1.29, 1.82) is 0 Å². The van der Waals surface area contributed by atoms with Crippen LogP contribution >= 0.6 is 0 Å². The molecule has 4 nitrogen and oxygen atoms in total. The standard InChI is InChI=1S/C12H14O4/c1-7-5-8(6-9(16-2)10(7)13)12(3-4-12)11(14)15/h5-6,13H,3-4H2,1-2H3,(H,14,15). The van der Waals surface area contributed by atoms with E-state index in [0.717, 1.165) is 0 Å². The van der Waals surface area contributed by atoms with E-state index in [0.29, 0.717) is 29.7 Å². The Bertz CT molecular complexity index is 447. The van der Waals surface area contributed by atoms with Crippen LogP contribution in [0.5, 0.6) is 11.5 Å². The van der Waals surface area contributed by atoms with Gasteiger partial charge in [-0.1, -0.05) is 6.07 Å². The molecule has 16 heavy (non-hydrogen) atoms. The van der Waals surface area contributed by atoms with Crippen molar-refractivity contribution >= 4 is 5.97 Å². The number of phenols is 1. The van der Waals surface area contributed by atoms with Gasteiger partial charge < -0.3 is 14.9 Å². The zero-order valence-corrected chi connectivity index (χ0v) is 9.28. The van der Waals surface area contributed by atoms with E-state index in [1.165, 1.54) is 7.11 Å². The van der Waals surface area contributed by atoms with Crippen molar-refractivity contribution in [2.24, 2.45) is 0 Å². The number of hydrogen-bond donors (Lipinski definition) is 2. The minimum absolute atomic E-state index is 0.0763. The van der Waals surface area contributed by atoms with E-state index in [-0.39, 0.29) is 5.75 Å². The Balaban J connectivity index is 2.51. The summed E-state index contributed by atoms with van der Waals surface area (Å²) in [5.74, 6) is -0.394. The average molecular weight is 222 g/mol. The monoisotopic (exact) mass is 222 g/mol. The Labute approximate surface area is 93.5 Å². The number of hydrogen-bond acceptors (Lipinski definition) is 3. The summed E-state index contributed by atoms with van der Waals surface area (Å²) in [5.41, 5.74) is 0.597. The fourth-order valence-corrected chi connectivity index (χ4v) is 1.93. The van der Waals surface area contributed by atoms with Gasteiger partial charge in [0.2, 0.25) is 0 Å². The summed E-state index contributed by atoms with van der Waals surface area (Å²) in [4.78, 5) is 11.2. The Morgan fingerprint density at radius 3 is 2.50 bits per heavy atom. The molecule has 0 bridgehead atoms. The summed E-state index contributed by atoms with van der Waals surface area (Å²) in [6.07, 6.45) is 1.30. The van der Waals surface area contributed by atoms with E-state index in [1.54, 1.807) is 19.1 Å². The predicted octanol–water partition coefficient (Wildman–Crippen LogP) is 1.83. The number of aromatic hydroxyl groups is 1. The Kier molecular flexibility index (Phi) is 2.30. The first-order chi connectivity index (χ1) is 7.51. The number of ether oxygens (including phenoxy) is 1. The predicted molar refractivity (Wildman–Crippen MR) is 57.9 cm³/mol. The molecule has 0 heterocycles. The molecule has 0 aromatic heterocycles. The van der Waals surface area contributed by atoms with Crippen molar-refractivity contribution in [3.8, 4) is 11.5 Å². The Hall–Kier alpha value is -1.71. The topological polar surface area (TPSA) is 66.8 Å². The van der Waals surface area contributed by atoms with Crippen LogP contribution in [0, 0.1) is 6.92 Å². The second-order valence-corrected chi connectivity index (χ2v) is 4.23. The van der Waals surface area contributed by atoms with Gasteiger partial charge in [0.1, 0.15) is 0 Å². The van der Waals surface area contributed by atoms with Crippen molar-refractivity contribution in [1.82, 2.24) is 0 Å². The van der Waals surface area contributed by atoms with Crippen LogP contribution in [0.4, 0.5) is 0 Å². The molecule has 0 atom stereocenters. The molecule has 1 aromatic rings. The second kappa shape index (κ2) is 3.40. The third kappa shape index (κ3) is 1.41. The highest BCUT2D eigenvalue weighted by molar-refractivity contribution is 5.85. The van der Waals surface area contributed by atoms with Gasteiger partial charge in [0.25, 0.3) is 0 Å². The molecule has 1 aromatic carbocycles. The number of aliphatic carboxylic acids is 1. The van der Waals surface area contributed by atoms with Crippen LogP contribution in [0.2, 0.25) is 0 Å². The van der Waals surface area contributed by atoms with Crippen molar-refractivity contribution < 1.29 is 19.7 Å². The van der Waals surface area contributed by atoms with Crippen LogP contribution in [0.3, 0.4) is 0 Å². The molecule has 0 aliphatic heterocycles.